The number of hydrogen-bond acceptors (Lipinski definition) is 5. The van der Waals surface area contributed by atoms with Crippen molar-refractivity contribution in [2.24, 2.45) is 0 Å². The molecule has 6 nitrogen and oxygen atoms in total. The number of amides is 1. The first-order valence-corrected chi connectivity index (χ1v) is 6.84. The van der Waals surface area contributed by atoms with Gasteiger partial charge in [-0.2, -0.15) is 13.2 Å². The Hall–Kier alpha value is -2.84. The van der Waals surface area contributed by atoms with Crippen LogP contribution in [-0.2, 0) is 11.0 Å². The van der Waals surface area contributed by atoms with Crippen LogP contribution < -0.4 is 15.4 Å². The van der Waals surface area contributed by atoms with Crippen LogP contribution in [0.3, 0.4) is 0 Å². The van der Waals surface area contributed by atoms with Crippen molar-refractivity contribution in [3.63, 3.8) is 0 Å². The first-order chi connectivity index (χ1) is 11.2. The fraction of sp³-hybridized carbons (Fsp3) is 0.267. The Bertz CT molecular complexity index is 763. The molecule has 0 aliphatic heterocycles. The van der Waals surface area contributed by atoms with Crippen molar-refractivity contribution < 1.29 is 22.7 Å². The van der Waals surface area contributed by atoms with E-state index in [1.54, 1.807) is 18.2 Å². The molecule has 1 heterocycles. The Morgan fingerprint density at radius 1 is 1.29 bits per heavy atom. The maximum absolute atomic E-state index is 12.7. The summed E-state index contributed by atoms with van der Waals surface area (Å²) < 4.78 is 43.3. The highest BCUT2D eigenvalue weighted by molar-refractivity contribution is 5.90. The van der Waals surface area contributed by atoms with E-state index >= 15 is 0 Å². The molecule has 1 amide bonds. The zero-order valence-electron chi connectivity index (χ0n) is 13.2. The van der Waals surface area contributed by atoms with E-state index in [1.807, 2.05) is 0 Å². The number of alkyl halides is 3. The molecule has 2 aromatic rings. The fourth-order valence-electron chi connectivity index (χ4n) is 2.00. The Balaban J connectivity index is 2.25. The number of nitrogens with one attached hydrogen (secondary N) is 2. The fourth-order valence-corrected chi connectivity index (χ4v) is 2.00. The molecular formula is C15H15F3N4O2. The van der Waals surface area contributed by atoms with Gasteiger partial charge in [-0.25, -0.2) is 9.97 Å². The highest BCUT2D eigenvalue weighted by Gasteiger charge is 2.33. The van der Waals surface area contributed by atoms with Gasteiger partial charge in [0.2, 0.25) is 11.9 Å². The third kappa shape index (κ3) is 4.12. The molecule has 0 aliphatic rings. The second kappa shape index (κ2) is 6.73. The first kappa shape index (κ1) is 17.5. The number of halogens is 3. The molecule has 0 saturated heterocycles. The lowest BCUT2D eigenvalue weighted by Crippen LogP contribution is -2.11. The van der Waals surface area contributed by atoms with Crippen LogP contribution in [0.2, 0.25) is 0 Å². The zero-order chi connectivity index (χ0) is 17.9. The quantitative estimate of drug-likeness (QED) is 0.891. The number of rotatable bonds is 4. The number of aryl methyl sites for hydroxylation is 1. The van der Waals surface area contributed by atoms with Crippen molar-refractivity contribution in [3.05, 3.63) is 35.7 Å². The lowest BCUT2D eigenvalue weighted by atomic mass is 10.2. The maximum atomic E-state index is 12.7. The van der Waals surface area contributed by atoms with Crippen molar-refractivity contribution in [2.45, 2.75) is 20.0 Å². The molecule has 0 unspecified atom stereocenters. The third-order valence-electron chi connectivity index (χ3n) is 3.05. The number of hydrogen-bond donors (Lipinski definition) is 2. The molecule has 24 heavy (non-hydrogen) atoms. The molecule has 0 aliphatic carbocycles. The van der Waals surface area contributed by atoms with E-state index in [1.165, 1.54) is 21.0 Å². The van der Waals surface area contributed by atoms with Crippen molar-refractivity contribution in [3.8, 4) is 5.75 Å². The molecule has 0 radical (unpaired) electrons. The molecular weight excluding hydrogens is 325 g/mol. The highest BCUT2D eigenvalue weighted by Crippen LogP contribution is 2.32. The zero-order valence-corrected chi connectivity index (χ0v) is 13.2. The Morgan fingerprint density at radius 3 is 2.54 bits per heavy atom. The molecule has 0 saturated carbocycles. The molecule has 9 heteroatoms. The Labute approximate surface area is 136 Å². The van der Waals surface area contributed by atoms with Gasteiger partial charge in [0.25, 0.3) is 0 Å². The van der Waals surface area contributed by atoms with Gasteiger partial charge >= 0.3 is 6.18 Å². The van der Waals surface area contributed by atoms with E-state index in [0.717, 1.165) is 6.20 Å². The SMILES string of the molecule is COc1cc(Nc2ncc(C(F)(F)F)c(C)n2)ccc1NC(C)=O. The lowest BCUT2D eigenvalue weighted by molar-refractivity contribution is -0.138. The van der Waals surface area contributed by atoms with E-state index in [2.05, 4.69) is 20.6 Å². The summed E-state index contributed by atoms with van der Waals surface area (Å²) in [5.41, 5.74) is -0.0892. The number of carbonyl (C=O) groups is 1. The summed E-state index contributed by atoms with van der Waals surface area (Å²) in [7, 11) is 1.43. The number of benzene rings is 1. The van der Waals surface area contributed by atoms with Crippen LogP contribution in [0.1, 0.15) is 18.2 Å². The summed E-state index contributed by atoms with van der Waals surface area (Å²) in [5, 5.41) is 5.40. The van der Waals surface area contributed by atoms with E-state index in [0.29, 0.717) is 17.1 Å². The van der Waals surface area contributed by atoms with Crippen molar-refractivity contribution in [2.75, 3.05) is 17.7 Å². The van der Waals surface area contributed by atoms with Crippen LogP contribution in [0, 0.1) is 6.92 Å². The number of anilines is 3. The monoisotopic (exact) mass is 340 g/mol. The topological polar surface area (TPSA) is 76.1 Å². The lowest BCUT2D eigenvalue weighted by Gasteiger charge is -2.13. The number of aromatic nitrogens is 2. The summed E-state index contributed by atoms with van der Waals surface area (Å²) in [5.74, 6) is 0.157. The van der Waals surface area contributed by atoms with Gasteiger partial charge in [0.1, 0.15) is 5.75 Å². The van der Waals surface area contributed by atoms with Crippen LogP contribution in [0.4, 0.5) is 30.5 Å². The van der Waals surface area contributed by atoms with Crippen LogP contribution in [0.15, 0.2) is 24.4 Å². The van der Waals surface area contributed by atoms with Gasteiger partial charge in [-0.1, -0.05) is 0 Å². The number of ether oxygens (including phenoxy) is 1. The molecule has 2 rings (SSSR count). The van der Waals surface area contributed by atoms with Gasteiger partial charge in [-0.15, -0.1) is 0 Å². The first-order valence-electron chi connectivity index (χ1n) is 6.84. The maximum Gasteiger partial charge on any atom is 0.419 e. The average molecular weight is 340 g/mol. The van der Waals surface area contributed by atoms with Crippen LogP contribution in [0.25, 0.3) is 0 Å². The van der Waals surface area contributed by atoms with Gasteiger partial charge in [0.05, 0.1) is 24.1 Å². The molecule has 0 spiro atoms. The number of methoxy groups -OCH3 is 1. The van der Waals surface area contributed by atoms with Gasteiger partial charge in [-0.05, 0) is 19.1 Å². The van der Waals surface area contributed by atoms with Crippen LogP contribution in [0.5, 0.6) is 5.75 Å². The third-order valence-corrected chi connectivity index (χ3v) is 3.05. The molecule has 0 bridgehead atoms. The normalized spacial score (nSPS) is 11.1. The summed E-state index contributed by atoms with van der Waals surface area (Å²) in [4.78, 5) is 18.6. The van der Waals surface area contributed by atoms with Crippen molar-refractivity contribution in [1.82, 2.24) is 9.97 Å². The summed E-state index contributed by atoms with van der Waals surface area (Å²) >= 11 is 0. The minimum absolute atomic E-state index is 0.0230. The summed E-state index contributed by atoms with van der Waals surface area (Å²) in [6.07, 6.45) is -3.76. The predicted octanol–water partition coefficient (Wildman–Crippen LogP) is 3.51. The largest absolute Gasteiger partial charge is 0.494 e. The second-order valence-electron chi connectivity index (χ2n) is 4.91. The summed E-state index contributed by atoms with van der Waals surface area (Å²) in [6.45, 7) is 2.63. The Kier molecular flexibility index (Phi) is 4.91. The van der Waals surface area contributed by atoms with Gasteiger partial charge in [0, 0.05) is 24.9 Å². The molecule has 0 atom stereocenters. The highest BCUT2D eigenvalue weighted by atomic mass is 19.4. The predicted molar refractivity (Wildman–Crippen MR) is 82.4 cm³/mol. The molecule has 1 aromatic carbocycles. The van der Waals surface area contributed by atoms with Crippen molar-refractivity contribution >= 4 is 23.2 Å². The average Bonchev–Trinajstić information content (AvgIpc) is 2.47. The molecule has 1 aromatic heterocycles. The van der Waals surface area contributed by atoms with Gasteiger partial charge < -0.3 is 15.4 Å². The Morgan fingerprint density at radius 2 is 2.00 bits per heavy atom. The number of nitrogens with zero attached hydrogens (tertiary/aromatic N) is 2. The minimum Gasteiger partial charge on any atom is -0.494 e. The van der Waals surface area contributed by atoms with E-state index in [-0.39, 0.29) is 17.5 Å². The van der Waals surface area contributed by atoms with Gasteiger partial charge in [-0.3, -0.25) is 4.79 Å². The second-order valence-corrected chi connectivity index (χ2v) is 4.91. The minimum atomic E-state index is -4.49. The standard InChI is InChI=1S/C15H15F3N4O2/c1-8-11(15(16,17)18)7-19-14(20-8)22-10-4-5-12(21-9(2)23)13(6-10)24-3/h4-7H,1-3H3,(H,21,23)(H,19,20,22). The van der Waals surface area contributed by atoms with E-state index in [9.17, 15) is 18.0 Å². The molecule has 2 N–H and O–H groups in total. The van der Waals surface area contributed by atoms with Crippen molar-refractivity contribution in [1.29, 1.82) is 0 Å². The molecule has 128 valence electrons. The smallest absolute Gasteiger partial charge is 0.419 e. The summed E-state index contributed by atoms with van der Waals surface area (Å²) in [6, 6.07) is 4.78. The van der Waals surface area contributed by atoms with E-state index < -0.39 is 11.7 Å². The van der Waals surface area contributed by atoms with E-state index in [4.69, 9.17) is 4.74 Å². The van der Waals surface area contributed by atoms with Crippen LogP contribution in [-0.4, -0.2) is 23.0 Å². The number of carbonyl (C=O) groups excluding carboxylic acids is 1. The molecule has 0 fully saturated rings. The van der Waals surface area contributed by atoms with Gasteiger partial charge in [0.15, 0.2) is 0 Å². The van der Waals surface area contributed by atoms with Crippen LogP contribution >= 0.6 is 0 Å².